The molecule has 0 amide bonds. The third-order valence-corrected chi connectivity index (χ3v) is 4.29. The minimum Gasteiger partial charge on any atom is -0.459 e. The van der Waals surface area contributed by atoms with Crippen LogP contribution in [0.5, 0.6) is 0 Å². The molecule has 5 heteroatoms. The van der Waals surface area contributed by atoms with Crippen LogP contribution in [-0.2, 0) is 9.53 Å². The van der Waals surface area contributed by atoms with E-state index in [1.54, 1.807) is 12.3 Å². The summed E-state index contributed by atoms with van der Waals surface area (Å²) in [4.78, 5) is 14.2. The molecule has 3 rings (SSSR count). The summed E-state index contributed by atoms with van der Waals surface area (Å²) in [7, 11) is 0. The molecule has 2 aromatic rings. The van der Waals surface area contributed by atoms with Gasteiger partial charge in [0.05, 0.1) is 6.20 Å². The zero-order chi connectivity index (χ0) is 17.9. The lowest BCUT2D eigenvalue weighted by Gasteiger charge is -2.32. The fraction of sp³-hybridized carbons (Fsp3) is 0.450. The van der Waals surface area contributed by atoms with Gasteiger partial charge in [0.2, 0.25) is 0 Å². The van der Waals surface area contributed by atoms with Crippen molar-refractivity contribution in [3.63, 3.8) is 0 Å². The lowest BCUT2D eigenvalue weighted by molar-refractivity contribution is -0.143. The van der Waals surface area contributed by atoms with Crippen LogP contribution in [0.1, 0.15) is 33.6 Å². The Morgan fingerprint density at radius 3 is 2.68 bits per heavy atom. The number of allylic oxidation sites excluding steroid dienone is 1. The first-order chi connectivity index (χ1) is 11.9. The lowest BCUT2D eigenvalue weighted by Crippen LogP contribution is -2.38. The van der Waals surface area contributed by atoms with E-state index in [9.17, 15) is 4.79 Å². The fourth-order valence-corrected chi connectivity index (χ4v) is 2.95. The first kappa shape index (κ1) is 17.4. The summed E-state index contributed by atoms with van der Waals surface area (Å²) in [5.74, 6) is 0.661. The zero-order valence-corrected chi connectivity index (χ0v) is 15.1. The van der Waals surface area contributed by atoms with E-state index >= 15 is 0 Å². The number of esters is 1. The van der Waals surface area contributed by atoms with Crippen LogP contribution in [0.2, 0.25) is 0 Å². The van der Waals surface area contributed by atoms with Gasteiger partial charge in [-0.1, -0.05) is 51.1 Å². The minimum atomic E-state index is -0.252. The summed E-state index contributed by atoms with van der Waals surface area (Å²) in [6, 6.07) is 8.14. The number of aromatic nitrogens is 2. The van der Waals surface area contributed by atoms with Crippen LogP contribution in [-0.4, -0.2) is 35.4 Å². The van der Waals surface area contributed by atoms with Gasteiger partial charge in [-0.3, -0.25) is 0 Å². The van der Waals surface area contributed by atoms with E-state index in [1.165, 1.54) is 0 Å². The Hall–Kier alpha value is -2.43. The summed E-state index contributed by atoms with van der Waals surface area (Å²) < 4.78 is 5.57. The van der Waals surface area contributed by atoms with E-state index in [0.717, 1.165) is 42.5 Å². The Morgan fingerprint density at radius 1 is 1.24 bits per heavy atom. The molecule has 1 aromatic carbocycles. The van der Waals surface area contributed by atoms with Crippen molar-refractivity contribution in [2.24, 2.45) is 5.41 Å². The van der Waals surface area contributed by atoms with Crippen molar-refractivity contribution in [3.05, 3.63) is 42.6 Å². The molecule has 1 saturated heterocycles. The van der Waals surface area contributed by atoms with Crippen LogP contribution in [0.4, 0.5) is 5.82 Å². The molecule has 132 valence electrons. The SMILES string of the molecule is CC(C)(C)/C=C/C(=O)OC1CCN(c2nncc3ccccc23)CC1. The Balaban J connectivity index is 1.60. The van der Waals surface area contributed by atoms with Crippen molar-refractivity contribution in [1.29, 1.82) is 0 Å². The van der Waals surface area contributed by atoms with Gasteiger partial charge in [0, 0.05) is 42.8 Å². The van der Waals surface area contributed by atoms with Crippen LogP contribution >= 0.6 is 0 Å². The second-order valence-corrected chi connectivity index (χ2v) is 7.58. The number of ether oxygens (including phenoxy) is 1. The summed E-state index contributed by atoms with van der Waals surface area (Å²) >= 11 is 0. The van der Waals surface area contributed by atoms with E-state index in [-0.39, 0.29) is 17.5 Å². The van der Waals surface area contributed by atoms with E-state index < -0.39 is 0 Å². The highest BCUT2D eigenvalue weighted by molar-refractivity contribution is 5.91. The Bertz CT molecular complexity index is 767. The van der Waals surface area contributed by atoms with E-state index in [0.29, 0.717) is 0 Å². The molecule has 1 fully saturated rings. The molecule has 1 aromatic heterocycles. The number of hydrogen-bond donors (Lipinski definition) is 0. The molecule has 0 spiro atoms. The standard InChI is InChI=1S/C20H25N3O2/c1-20(2,3)11-8-18(24)25-16-9-12-23(13-10-16)19-17-7-5-4-6-15(17)14-21-22-19/h4-8,11,14,16H,9-10,12-13H2,1-3H3/b11-8+. The van der Waals surface area contributed by atoms with Crippen molar-refractivity contribution in [2.45, 2.75) is 39.7 Å². The zero-order valence-electron chi connectivity index (χ0n) is 15.1. The van der Waals surface area contributed by atoms with E-state index in [1.807, 2.05) is 24.3 Å². The highest BCUT2D eigenvalue weighted by Gasteiger charge is 2.24. The van der Waals surface area contributed by atoms with Gasteiger partial charge in [-0.15, -0.1) is 5.10 Å². The predicted molar refractivity (Wildman–Crippen MR) is 99.5 cm³/mol. The van der Waals surface area contributed by atoms with E-state index in [4.69, 9.17) is 4.74 Å². The van der Waals surface area contributed by atoms with Gasteiger partial charge < -0.3 is 9.64 Å². The van der Waals surface area contributed by atoms with Crippen molar-refractivity contribution in [2.75, 3.05) is 18.0 Å². The number of carbonyl (C=O) groups excluding carboxylic acids is 1. The summed E-state index contributed by atoms with van der Waals surface area (Å²) in [6.45, 7) is 7.79. The number of anilines is 1. The van der Waals surface area contributed by atoms with Gasteiger partial charge in [0.1, 0.15) is 6.10 Å². The molecule has 0 N–H and O–H groups in total. The third-order valence-electron chi connectivity index (χ3n) is 4.29. The predicted octanol–water partition coefficient (Wildman–Crippen LogP) is 3.74. The average Bonchev–Trinajstić information content (AvgIpc) is 2.60. The second kappa shape index (κ2) is 7.21. The number of carbonyl (C=O) groups is 1. The van der Waals surface area contributed by atoms with Crippen molar-refractivity contribution >= 4 is 22.6 Å². The Morgan fingerprint density at radius 2 is 1.96 bits per heavy atom. The number of rotatable bonds is 3. The maximum absolute atomic E-state index is 11.9. The van der Waals surface area contributed by atoms with E-state index in [2.05, 4.69) is 41.9 Å². The van der Waals surface area contributed by atoms with Crippen molar-refractivity contribution < 1.29 is 9.53 Å². The average molecular weight is 339 g/mol. The van der Waals surface area contributed by atoms with Gasteiger partial charge in [0.25, 0.3) is 0 Å². The molecule has 0 unspecified atom stereocenters. The number of nitrogens with zero attached hydrogens (tertiary/aromatic N) is 3. The monoisotopic (exact) mass is 339 g/mol. The number of piperidine rings is 1. The maximum atomic E-state index is 11.9. The smallest absolute Gasteiger partial charge is 0.330 e. The molecule has 2 heterocycles. The Kier molecular flexibility index (Phi) is 5.02. The van der Waals surface area contributed by atoms with Crippen LogP contribution in [0.25, 0.3) is 10.8 Å². The lowest BCUT2D eigenvalue weighted by atomic mass is 9.96. The molecule has 25 heavy (non-hydrogen) atoms. The van der Waals surface area contributed by atoms with Crippen molar-refractivity contribution in [3.8, 4) is 0 Å². The minimum absolute atomic E-state index is 0.0184. The second-order valence-electron chi connectivity index (χ2n) is 7.58. The Labute approximate surface area is 148 Å². The summed E-state index contributed by atoms with van der Waals surface area (Å²) in [5, 5.41) is 10.6. The molecular formula is C20H25N3O2. The van der Waals surface area contributed by atoms with Crippen LogP contribution in [0.3, 0.4) is 0 Å². The van der Waals surface area contributed by atoms with Gasteiger partial charge in [0.15, 0.2) is 5.82 Å². The number of hydrogen-bond acceptors (Lipinski definition) is 5. The topological polar surface area (TPSA) is 55.3 Å². The molecule has 0 radical (unpaired) electrons. The maximum Gasteiger partial charge on any atom is 0.330 e. The van der Waals surface area contributed by atoms with Crippen LogP contribution in [0, 0.1) is 5.41 Å². The fourth-order valence-electron chi connectivity index (χ4n) is 2.95. The molecule has 5 nitrogen and oxygen atoms in total. The van der Waals surface area contributed by atoms with Gasteiger partial charge >= 0.3 is 5.97 Å². The van der Waals surface area contributed by atoms with Crippen LogP contribution in [0.15, 0.2) is 42.6 Å². The van der Waals surface area contributed by atoms with Gasteiger partial charge in [-0.2, -0.15) is 5.10 Å². The normalized spacial score (nSPS) is 16.5. The molecule has 0 aliphatic carbocycles. The summed E-state index contributed by atoms with van der Waals surface area (Å²) in [6.07, 6.45) is 6.80. The molecule has 0 bridgehead atoms. The molecule has 1 aliphatic heterocycles. The molecular weight excluding hydrogens is 314 g/mol. The first-order valence-electron chi connectivity index (χ1n) is 8.78. The van der Waals surface area contributed by atoms with Gasteiger partial charge in [-0.25, -0.2) is 4.79 Å². The molecule has 0 saturated carbocycles. The third kappa shape index (κ3) is 4.56. The van der Waals surface area contributed by atoms with Crippen molar-refractivity contribution in [1.82, 2.24) is 10.2 Å². The molecule has 0 atom stereocenters. The highest BCUT2D eigenvalue weighted by atomic mass is 16.5. The number of benzene rings is 1. The summed E-state index contributed by atoms with van der Waals surface area (Å²) in [5.41, 5.74) is -0.0184. The number of fused-ring (bicyclic) bond motifs is 1. The van der Waals surface area contributed by atoms with Gasteiger partial charge in [-0.05, 0) is 5.41 Å². The molecule has 1 aliphatic rings. The largest absolute Gasteiger partial charge is 0.459 e. The highest BCUT2D eigenvalue weighted by Crippen LogP contribution is 2.26. The quantitative estimate of drug-likeness (QED) is 0.630. The first-order valence-corrected chi connectivity index (χ1v) is 8.78. The van der Waals surface area contributed by atoms with Crippen LogP contribution < -0.4 is 4.90 Å².